The van der Waals surface area contributed by atoms with Crippen molar-refractivity contribution in [3.05, 3.63) is 35.9 Å². The van der Waals surface area contributed by atoms with Crippen LogP contribution in [-0.4, -0.2) is 53.3 Å². The standard InChI is InChI=1S/C19H28N4O6/c1-2-3-12-28-18(26)23(15(16(24)25)10-7-11-22-17(20)21)19(27)29-13-14-8-5-4-6-9-14/h4-6,8-9,15H,2-3,7,10-13H2,1H3,(H,24,25)(H4,20,21,22)/t15-/m0/s1. The second-order valence-corrected chi connectivity index (χ2v) is 6.18. The maximum atomic E-state index is 12.5. The minimum Gasteiger partial charge on any atom is -0.480 e. The summed E-state index contributed by atoms with van der Waals surface area (Å²) in [4.78, 5) is 41.0. The highest BCUT2D eigenvalue weighted by Gasteiger charge is 2.37. The Hall–Kier alpha value is -3.30. The van der Waals surface area contributed by atoms with Gasteiger partial charge in [0.1, 0.15) is 12.6 Å². The van der Waals surface area contributed by atoms with Gasteiger partial charge in [-0.3, -0.25) is 4.99 Å². The molecule has 1 aromatic rings. The van der Waals surface area contributed by atoms with E-state index in [1.165, 1.54) is 0 Å². The molecule has 1 atom stereocenters. The third-order valence-electron chi connectivity index (χ3n) is 3.85. The molecule has 2 amide bonds. The molecule has 0 unspecified atom stereocenters. The molecule has 1 aromatic carbocycles. The highest BCUT2D eigenvalue weighted by atomic mass is 16.6. The fourth-order valence-corrected chi connectivity index (χ4v) is 2.35. The van der Waals surface area contributed by atoms with Crippen molar-refractivity contribution in [2.45, 2.75) is 45.3 Å². The van der Waals surface area contributed by atoms with Gasteiger partial charge in [0.15, 0.2) is 5.96 Å². The van der Waals surface area contributed by atoms with Gasteiger partial charge < -0.3 is 26.0 Å². The predicted octanol–water partition coefficient (Wildman–Crippen LogP) is 2.07. The van der Waals surface area contributed by atoms with Crippen LogP contribution in [0.2, 0.25) is 0 Å². The zero-order valence-electron chi connectivity index (χ0n) is 16.5. The van der Waals surface area contributed by atoms with E-state index in [4.69, 9.17) is 20.9 Å². The van der Waals surface area contributed by atoms with Gasteiger partial charge >= 0.3 is 18.2 Å². The number of aliphatic imine (C=N–C) groups is 1. The number of ether oxygens (including phenoxy) is 2. The number of aliphatic carboxylic acids is 1. The van der Waals surface area contributed by atoms with Crippen LogP contribution < -0.4 is 11.5 Å². The molecule has 0 fully saturated rings. The van der Waals surface area contributed by atoms with Crippen LogP contribution in [0.5, 0.6) is 0 Å². The third kappa shape index (κ3) is 8.96. The van der Waals surface area contributed by atoms with Crippen LogP contribution in [-0.2, 0) is 20.9 Å². The molecule has 1 rings (SSSR count). The molecule has 0 spiro atoms. The number of imide groups is 1. The molecule has 0 heterocycles. The highest BCUT2D eigenvalue weighted by Crippen LogP contribution is 2.14. The van der Waals surface area contributed by atoms with E-state index in [0.29, 0.717) is 16.9 Å². The molecular formula is C19H28N4O6. The molecule has 10 nitrogen and oxygen atoms in total. The first-order valence-corrected chi connectivity index (χ1v) is 9.31. The summed E-state index contributed by atoms with van der Waals surface area (Å²) >= 11 is 0. The number of carboxylic acid groups (broad SMARTS) is 1. The Morgan fingerprint density at radius 2 is 1.76 bits per heavy atom. The Morgan fingerprint density at radius 1 is 1.10 bits per heavy atom. The molecular weight excluding hydrogens is 380 g/mol. The van der Waals surface area contributed by atoms with Crippen LogP contribution in [0.4, 0.5) is 9.59 Å². The Kier molecular flexibility index (Phi) is 10.6. The summed E-state index contributed by atoms with van der Waals surface area (Å²) in [6.45, 7) is 2.02. The molecule has 5 N–H and O–H groups in total. The highest BCUT2D eigenvalue weighted by molar-refractivity contribution is 5.93. The second-order valence-electron chi connectivity index (χ2n) is 6.18. The number of guanidine groups is 1. The molecule has 0 aliphatic heterocycles. The normalized spacial score (nSPS) is 11.2. The molecule has 0 aromatic heterocycles. The van der Waals surface area contributed by atoms with E-state index in [0.717, 1.165) is 6.42 Å². The number of carbonyl (C=O) groups excluding carboxylic acids is 2. The number of nitrogens with two attached hydrogens (primary N) is 2. The fraction of sp³-hybridized carbons (Fsp3) is 0.474. The number of unbranched alkanes of at least 4 members (excludes halogenated alkanes) is 1. The van der Waals surface area contributed by atoms with Crippen LogP contribution >= 0.6 is 0 Å². The molecule has 0 bridgehead atoms. The maximum absolute atomic E-state index is 12.5. The minimum absolute atomic E-state index is 0.0601. The van der Waals surface area contributed by atoms with Gasteiger partial charge in [0, 0.05) is 6.54 Å². The average Bonchev–Trinajstić information content (AvgIpc) is 2.69. The summed E-state index contributed by atoms with van der Waals surface area (Å²) in [6.07, 6.45) is -0.627. The van der Waals surface area contributed by atoms with Gasteiger partial charge in [0.25, 0.3) is 0 Å². The number of carbonyl (C=O) groups is 3. The number of hydrogen-bond acceptors (Lipinski definition) is 6. The van der Waals surface area contributed by atoms with E-state index in [1.807, 2.05) is 6.92 Å². The van der Waals surface area contributed by atoms with Crippen LogP contribution in [0.3, 0.4) is 0 Å². The van der Waals surface area contributed by atoms with Gasteiger partial charge in [-0.1, -0.05) is 43.7 Å². The monoisotopic (exact) mass is 408 g/mol. The van der Waals surface area contributed by atoms with Crippen molar-refractivity contribution < 1.29 is 29.0 Å². The molecule has 0 aliphatic rings. The second kappa shape index (κ2) is 13.0. The molecule has 0 saturated heterocycles. The minimum atomic E-state index is -1.47. The molecule has 0 aliphatic carbocycles. The Morgan fingerprint density at radius 3 is 2.34 bits per heavy atom. The molecule has 10 heteroatoms. The molecule has 0 saturated carbocycles. The van der Waals surface area contributed by atoms with Gasteiger partial charge in [0.05, 0.1) is 6.61 Å². The summed E-state index contributed by atoms with van der Waals surface area (Å²) in [5.74, 6) is -1.49. The summed E-state index contributed by atoms with van der Waals surface area (Å²) in [6, 6.07) is 7.34. The largest absolute Gasteiger partial charge is 0.480 e. The summed E-state index contributed by atoms with van der Waals surface area (Å²) in [5, 5.41) is 9.56. The first kappa shape index (κ1) is 23.7. The van der Waals surface area contributed by atoms with Crippen molar-refractivity contribution in [2.24, 2.45) is 16.5 Å². The lowest BCUT2D eigenvalue weighted by molar-refractivity contribution is -0.142. The van der Waals surface area contributed by atoms with E-state index in [9.17, 15) is 19.5 Å². The number of rotatable bonds is 11. The number of amides is 2. The smallest absolute Gasteiger partial charge is 0.420 e. The lowest BCUT2D eigenvalue weighted by Crippen LogP contribution is -2.49. The van der Waals surface area contributed by atoms with Crippen molar-refractivity contribution in [1.82, 2.24) is 4.90 Å². The molecule has 160 valence electrons. The van der Waals surface area contributed by atoms with Crippen LogP contribution in [0.15, 0.2) is 35.3 Å². The summed E-state index contributed by atoms with van der Waals surface area (Å²) in [5.41, 5.74) is 11.2. The fourth-order valence-electron chi connectivity index (χ4n) is 2.35. The van der Waals surface area contributed by atoms with Crippen LogP contribution in [0.1, 0.15) is 38.2 Å². The first-order valence-electron chi connectivity index (χ1n) is 9.31. The third-order valence-corrected chi connectivity index (χ3v) is 3.85. The van der Waals surface area contributed by atoms with Gasteiger partial charge in [-0.2, -0.15) is 4.90 Å². The zero-order chi connectivity index (χ0) is 21.6. The van der Waals surface area contributed by atoms with E-state index >= 15 is 0 Å². The number of nitrogens with zero attached hydrogens (tertiary/aromatic N) is 2. The number of benzene rings is 1. The van der Waals surface area contributed by atoms with Crippen molar-refractivity contribution in [1.29, 1.82) is 0 Å². The quantitative estimate of drug-likeness (QED) is 0.285. The average molecular weight is 408 g/mol. The maximum Gasteiger partial charge on any atom is 0.420 e. The van der Waals surface area contributed by atoms with E-state index in [-0.39, 0.29) is 38.6 Å². The Bertz CT molecular complexity index is 691. The van der Waals surface area contributed by atoms with E-state index < -0.39 is 24.2 Å². The lowest BCUT2D eigenvalue weighted by atomic mass is 10.1. The van der Waals surface area contributed by atoms with Gasteiger partial charge in [-0.15, -0.1) is 0 Å². The van der Waals surface area contributed by atoms with E-state index in [2.05, 4.69) is 4.99 Å². The van der Waals surface area contributed by atoms with Crippen molar-refractivity contribution in [3.8, 4) is 0 Å². The van der Waals surface area contributed by atoms with Crippen molar-refractivity contribution in [2.75, 3.05) is 13.2 Å². The zero-order valence-corrected chi connectivity index (χ0v) is 16.5. The predicted molar refractivity (Wildman–Crippen MR) is 106 cm³/mol. The van der Waals surface area contributed by atoms with E-state index in [1.54, 1.807) is 30.3 Å². The van der Waals surface area contributed by atoms with Gasteiger partial charge in [-0.05, 0) is 24.8 Å². The molecule has 0 radical (unpaired) electrons. The van der Waals surface area contributed by atoms with Crippen LogP contribution in [0.25, 0.3) is 0 Å². The molecule has 29 heavy (non-hydrogen) atoms. The lowest BCUT2D eigenvalue weighted by Gasteiger charge is -2.25. The van der Waals surface area contributed by atoms with Gasteiger partial charge in [0.2, 0.25) is 0 Å². The number of hydrogen-bond donors (Lipinski definition) is 3. The summed E-state index contributed by atoms with van der Waals surface area (Å²) < 4.78 is 10.2. The Balaban J connectivity index is 2.89. The SMILES string of the molecule is CCCCOC(=O)N(C(=O)OCc1ccccc1)[C@@H](CCCN=C(N)N)C(=O)O. The van der Waals surface area contributed by atoms with Crippen molar-refractivity contribution >= 4 is 24.1 Å². The number of carboxylic acids is 1. The topological polar surface area (TPSA) is 158 Å². The first-order chi connectivity index (χ1) is 13.9. The summed E-state index contributed by atoms with van der Waals surface area (Å²) in [7, 11) is 0. The Labute approximate surface area is 169 Å². The van der Waals surface area contributed by atoms with Gasteiger partial charge in [-0.25, -0.2) is 14.4 Å². The van der Waals surface area contributed by atoms with Crippen molar-refractivity contribution in [3.63, 3.8) is 0 Å². The van der Waals surface area contributed by atoms with Crippen LogP contribution in [0, 0.1) is 0 Å².